The summed E-state index contributed by atoms with van der Waals surface area (Å²) in [5.74, 6) is -4.85. The molecule has 32 heavy (non-hydrogen) atoms. The van der Waals surface area contributed by atoms with Crippen LogP contribution in [-0.4, -0.2) is 71.8 Å². The monoisotopic (exact) mass is 459 g/mol. The first-order chi connectivity index (χ1) is 15.0. The van der Waals surface area contributed by atoms with Gasteiger partial charge in [-0.1, -0.05) is 0 Å². The third-order valence-corrected chi connectivity index (χ3v) is 4.35. The van der Waals surface area contributed by atoms with Gasteiger partial charge >= 0.3 is 5.97 Å². The number of rotatable bonds is 17. The van der Waals surface area contributed by atoms with E-state index >= 15 is 0 Å². The maximum Gasteiger partial charge on any atom is 0.326 e. The van der Waals surface area contributed by atoms with Crippen molar-refractivity contribution in [1.29, 1.82) is 0 Å². The number of nitrogens with two attached hydrogens (primary N) is 4. The molecule has 0 bridgehead atoms. The number of carboxylic acid groups (broad SMARTS) is 1. The van der Waals surface area contributed by atoms with Crippen LogP contribution in [0.3, 0.4) is 0 Å². The molecule has 182 valence electrons. The van der Waals surface area contributed by atoms with Crippen LogP contribution < -0.4 is 38.9 Å². The van der Waals surface area contributed by atoms with Crippen LogP contribution in [0.15, 0.2) is 0 Å². The number of carbonyl (C=O) groups excluding carboxylic acids is 5. The summed E-state index contributed by atoms with van der Waals surface area (Å²) in [7, 11) is 0. The molecule has 14 heteroatoms. The highest BCUT2D eigenvalue weighted by atomic mass is 16.4. The number of primary amides is 2. The zero-order valence-electron chi connectivity index (χ0n) is 17.8. The number of aliphatic carboxylic acids is 1. The van der Waals surface area contributed by atoms with E-state index in [1.165, 1.54) is 0 Å². The van der Waals surface area contributed by atoms with E-state index in [4.69, 9.17) is 22.9 Å². The molecule has 5 amide bonds. The molecule has 0 aliphatic heterocycles. The first-order valence-corrected chi connectivity index (χ1v) is 10.1. The van der Waals surface area contributed by atoms with Gasteiger partial charge < -0.3 is 44.0 Å². The molecule has 12 N–H and O–H groups in total. The molecule has 0 aliphatic rings. The largest absolute Gasteiger partial charge is 0.480 e. The zero-order chi connectivity index (χ0) is 24.7. The molecule has 3 atom stereocenters. The first-order valence-electron chi connectivity index (χ1n) is 10.1. The van der Waals surface area contributed by atoms with E-state index in [0.29, 0.717) is 19.4 Å². The lowest BCUT2D eigenvalue weighted by Gasteiger charge is -2.21. The molecule has 0 saturated heterocycles. The fraction of sp³-hybridized carbons (Fsp3) is 0.667. The molecular formula is C18H33N7O7. The second kappa shape index (κ2) is 15.5. The van der Waals surface area contributed by atoms with Gasteiger partial charge in [-0.2, -0.15) is 0 Å². The Morgan fingerprint density at radius 1 is 0.781 bits per heavy atom. The Morgan fingerprint density at radius 3 is 1.91 bits per heavy atom. The van der Waals surface area contributed by atoms with Gasteiger partial charge in [-0.3, -0.25) is 24.0 Å². The summed E-state index contributed by atoms with van der Waals surface area (Å²) in [5, 5.41) is 16.2. The summed E-state index contributed by atoms with van der Waals surface area (Å²) < 4.78 is 0. The van der Waals surface area contributed by atoms with Gasteiger partial charge in [-0.15, -0.1) is 0 Å². The van der Waals surface area contributed by atoms with Crippen LogP contribution in [0.25, 0.3) is 0 Å². The van der Waals surface area contributed by atoms with E-state index in [2.05, 4.69) is 16.0 Å². The van der Waals surface area contributed by atoms with Crippen LogP contribution in [0.1, 0.15) is 44.9 Å². The van der Waals surface area contributed by atoms with E-state index < -0.39 is 60.2 Å². The third kappa shape index (κ3) is 13.1. The highest BCUT2D eigenvalue weighted by Gasteiger charge is 2.27. The van der Waals surface area contributed by atoms with E-state index in [9.17, 15) is 33.9 Å². The minimum Gasteiger partial charge on any atom is -0.480 e. The number of carbonyl (C=O) groups is 6. The van der Waals surface area contributed by atoms with Crippen molar-refractivity contribution in [3.05, 3.63) is 0 Å². The Balaban J connectivity index is 4.90. The van der Waals surface area contributed by atoms with Crippen LogP contribution >= 0.6 is 0 Å². The molecule has 0 aromatic rings. The SMILES string of the molecule is NCCCCC(NC(=O)CNC(=O)C(N)CCC(N)=O)C(=O)NC(CCC(N)=O)C(=O)O. The number of nitrogens with one attached hydrogen (secondary N) is 3. The maximum absolute atomic E-state index is 12.5. The number of carboxylic acids is 1. The van der Waals surface area contributed by atoms with Gasteiger partial charge in [-0.05, 0) is 38.6 Å². The zero-order valence-corrected chi connectivity index (χ0v) is 17.8. The van der Waals surface area contributed by atoms with Gasteiger partial charge in [-0.25, -0.2) is 4.79 Å². The first kappa shape index (κ1) is 28.7. The molecule has 0 aromatic heterocycles. The lowest BCUT2D eigenvalue weighted by atomic mass is 10.1. The number of hydrogen-bond acceptors (Lipinski definition) is 8. The van der Waals surface area contributed by atoms with Crippen LogP contribution in [0, 0.1) is 0 Å². The van der Waals surface area contributed by atoms with Crippen LogP contribution in [-0.2, 0) is 28.8 Å². The van der Waals surface area contributed by atoms with Crippen molar-refractivity contribution in [2.24, 2.45) is 22.9 Å². The van der Waals surface area contributed by atoms with Gasteiger partial charge in [0.15, 0.2) is 0 Å². The fourth-order valence-electron chi connectivity index (χ4n) is 2.55. The molecule has 0 radical (unpaired) electrons. The number of amides is 5. The highest BCUT2D eigenvalue weighted by molar-refractivity contribution is 5.92. The van der Waals surface area contributed by atoms with Gasteiger partial charge in [0.1, 0.15) is 12.1 Å². The summed E-state index contributed by atoms with van der Waals surface area (Å²) in [5.41, 5.74) is 21.0. The van der Waals surface area contributed by atoms with E-state index in [-0.39, 0.29) is 32.1 Å². The van der Waals surface area contributed by atoms with Crippen molar-refractivity contribution < 1.29 is 33.9 Å². The number of hydrogen-bond donors (Lipinski definition) is 8. The topological polar surface area (TPSA) is 263 Å². The average molecular weight is 460 g/mol. The molecule has 0 saturated carbocycles. The molecular weight excluding hydrogens is 426 g/mol. The van der Waals surface area contributed by atoms with Crippen LogP contribution in [0.4, 0.5) is 0 Å². The molecule has 0 fully saturated rings. The average Bonchev–Trinajstić information content (AvgIpc) is 2.71. The molecule has 3 unspecified atom stereocenters. The molecule has 0 spiro atoms. The van der Waals surface area contributed by atoms with E-state index in [1.807, 2.05) is 0 Å². The van der Waals surface area contributed by atoms with E-state index in [1.54, 1.807) is 0 Å². The summed E-state index contributed by atoms with van der Waals surface area (Å²) in [6.45, 7) is -0.133. The fourth-order valence-corrected chi connectivity index (χ4v) is 2.55. The third-order valence-electron chi connectivity index (χ3n) is 4.35. The minimum atomic E-state index is -1.37. The molecule has 14 nitrogen and oxygen atoms in total. The van der Waals surface area contributed by atoms with Crippen molar-refractivity contribution in [2.45, 2.75) is 63.1 Å². The predicted octanol–water partition coefficient (Wildman–Crippen LogP) is -3.86. The van der Waals surface area contributed by atoms with Crippen molar-refractivity contribution in [3.8, 4) is 0 Å². The smallest absolute Gasteiger partial charge is 0.326 e. The molecule has 0 aromatic carbocycles. The Labute approximate surface area is 185 Å². The quantitative estimate of drug-likeness (QED) is 0.0987. The minimum absolute atomic E-state index is 0.00872. The maximum atomic E-state index is 12.5. The van der Waals surface area contributed by atoms with Gasteiger partial charge in [0.05, 0.1) is 12.6 Å². The van der Waals surface area contributed by atoms with Crippen molar-refractivity contribution in [2.75, 3.05) is 13.1 Å². The van der Waals surface area contributed by atoms with Gasteiger partial charge in [0, 0.05) is 12.8 Å². The summed E-state index contributed by atoms with van der Waals surface area (Å²) in [6, 6.07) is -3.50. The summed E-state index contributed by atoms with van der Waals surface area (Å²) in [6.07, 6.45) is 0.665. The van der Waals surface area contributed by atoms with Crippen molar-refractivity contribution >= 4 is 35.5 Å². The Kier molecular flexibility index (Phi) is 13.9. The molecule has 0 heterocycles. The normalized spacial score (nSPS) is 13.3. The summed E-state index contributed by atoms with van der Waals surface area (Å²) in [4.78, 5) is 69.6. The van der Waals surface area contributed by atoms with Crippen LogP contribution in [0.2, 0.25) is 0 Å². The molecule has 0 aliphatic carbocycles. The number of unbranched alkanes of at least 4 members (excludes halogenated alkanes) is 1. The Morgan fingerprint density at radius 2 is 1.38 bits per heavy atom. The van der Waals surface area contributed by atoms with Gasteiger partial charge in [0.2, 0.25) is 29.5 Å². The van der Waals surface area contributed by atoms with Crippen molar-refractivity contribution in [3.63, 3.8) is 0 Å². The van der Waals surface area contributed by atoms with E-state index in [0.717, 1.165) is 0 Å². The standard InChI is InChI=1S/C18H33N7O7/c19-8-2-1-3-11(17(30)25-12(18(31)32)5-7-14(22)27)24-15(28)9-23-16(29)10(20)4-6-13(21)26/h10-12H,1-9,19-20H2,(H2,21,26)(H2,22,27)(H,23,29)(H,24,28)(H,25,30)(H,31,32). The Bertz CT molecular complexity index is 687. The predicted molar refractivity (Wildman–Crippen MR) is 112 cm³/mol. The lowest BCUT2D eigenvalue weighted by molar-refractivity contribution is -0.142. The molecule has 0 rings (SSSR count). The second-order valence-electron chi connectivity index (χ2n) is 7.14. The van der Waals surface area contributed by atoms with Crippen LogP contribution in [0.5, 0.6) is 0 Å². The second-order valence-corrected chi connectivity index (χ2v) is 7.14. The summed E-state index contributed by atoms with van der Waals surface area (Å²) >= 11 is 0. The lowest BCUT2D eigenvalue weighted by Crippen LogP contribution is -2.53. The van der Waals surface area contributed by atoms with Gasteiger partial charge in [0.25, 0.3) is 0 Å². The Hall–Kier alpha value is -3.26. The van der Waals surface area contributed by atoms with Crippen molar-refractivity contribution in [1.82, 2.24) is 16.0 Å². The highest BCUT2D eigenvalue weighted by Crippen LogP contribution is 2.04.